The summed E-state index contributed by atoms with van der Waals surface area (Å²) in [6.07, 6.45) is -3.73. The maximum Gasteiger partial charge on any atom is 0.236 e. The number of aliphatic hydroxyl groups excluding tert-OH is 2. The van der Waals surface area contributed by atoms with Gasteiger partial charge in [0.25, 0.3) is 0 Å². The molecule has 0 spiro atoms. The highest BCUT2D eigenvalue weighted by Gasteiger charge is 2.68. The molecule has 3 saturated heterocycles. The highest BCUT2D eigenvalue weighted by molar-refractivity contribution is 6.06. The molecule has 0 radical (unpaired) electrons. The number of carbonyl (C=O) groups excluding carboxylic acids is 2. The largest absolute Gasteiger partial charge is 0.388 e. The molecule has 4 unspecified atom stereocenters. The summed E-state index contributed by atoms with van der Waals surface area (Å²) in [4.78, 5) is 26.2. The summed E-state index contributed by atoms with van der Waals surface area (Å²) < 4.78 is 5.43. The van der Waals surface area contributed by atoms with Crippen molar-refractivity contribution in [2.75, 3.05) is 0 Å². The number of hydrogen-bond acceptors (Lipinski definition) is 5. The number of aliphatic hydroxyl groups is 2. The molecule has 6 atom stereocenters. The van der Waals surface area contributed by atoms with Crippen molar-refractivity contribution >= 4 is 11.8 Å². The van der Waals surface area contributed by atoms with Gasteiger partial charge in [0.2, 0.25) is 11.8 Å². The highest BCUT2D eigenvalue weighted by Crippen LogP contribution is 2.48. The maximum absolute atomic E-state index is 12.5. The molecule has 1 aromatic rings. The number of likely N-dealkylation sites (tertiary alicyclic amines) is 1. The minimum Gasteiger partial charge on any atom is -0.388 e. The molecule has 6 nitrogen and oxygen atoms in total. The van der Waals surface area contributed by atoms with Gasteiger partial charge >= 0.3 is 0 Å². The lowest BCUT2D eigenvalue weighted by atomic mass is 9.78. The lowest BCUT2D eigenvalue weighted by Gasteiger charge is -2.25. The Morgan fingerprint density at radius 1 is 0.952 bits per heavy atom. The number of amides is 2. The summed E-state index contributed by atoms with van der Waals surface area (Å²) in [7, 11) is 0. The molecule has 0 aliphatic carbocycles. The second kappa shape index (κ2) is 4.37. The van der Waals surface area contributed by atoms with Gasteiger partial charge < -0.3 is 14.9 Å². The van der Waals surface area contributed by atoms with E-state index in [0.29, 0.717) is 0 Å². The maximum atomic E-state index is 12.5. The van der Waals surface area contributed by atoms with Gasteiger partial charge in [-0.3, -0.25) is 14.5 Å². The van der Waals surface area contributed by atoms with Crippen molar-refractivity contribution < 1.29 is 24.5 Å². The number of imide groups is 1. The fraction of sp³-hybridized carbons (Fsp3) is 0.467. The van der Waals surface area contributed by atoms with Crippen LogP contribution in [0.1, 0.15) is 5.56 Å². The molecule has 110 valence electrons. The summed E-state index contributed by atoms with van der Waals surface area (Å²) in [6, 6.07) is 9.27. The van der Waals surface area contributed by atoms with Crippen molar-refractivity contribution in [2.24, 2.45) is 11.8 Å². The zero-order chi connectivity index (χ0) is 14.7. The van der Waals surface area contributed by atoms with Gasteiger partial charge in [0.1, 0.15) is 12.2 Å². The van der Waals surface area contributed by atoms with E-state index in [-0.39, 0.29) is 18.4 Å². The molecule has 3 aliphatic rings. The van der Waals surface area contributed by atoms with E-state index in [4.69, 9.17) is 4.74 Å². The van der Waals surface area contributed by atoms with Crippen molar-refractivity contribution in [3.05, 3.63) is 35.9 Å². The van der Waals surface area contributed by atoms with Crippen LogP contribution in [0.15, 0.2) is 30.3 Å². The van der Waals surface area contributed by atoms with Crippen LogP contribution in [0, 0.1) is 11.8 Å². The van der Waals surface area contributed by atoms with Crippen LogP contribution < -0.4 is 0 Å². The summed E-state index contributed by atoms with van der Waals surface area (Å²) in [5, 5.41) is 19.7. The fourth-order valence-corrected chi connectivity index (χ4v) is 3.71. The van der Waals surface area contributed by atoms with Crippen molar-refractivity contribution in [1.29, 1.82) is 0 Å². The zero-order valence-electron chi connectivity index (χ0n) is 11.1. The molecule has 4 rings (SSSR count). The van der Waals surface area contributed by atoms with Crippen LogP contribution in [0.4, 0.5) is 0 Å². The Hall–Kier alpha value is -1.76. The third-order valence-corrected chi connectivity index (χ3v) is 4.72. The molecule has 1 aromatic carbocycles. The Bertz CT molecular complexity index is 571. The predicted octanol–water partition coefficient (Wildman–Crippen LogP) is -0.709. The van der Waals surface area contributed by atoms with Crippen molar-refractivity contribution in [1.82, 2.24) is 4.90 Å². The number of ether oxygens (including phenoxy) is 1. The summed E-state index contributed by atoms with van der Waals surface area (Å²) in [5.74, 6) is -1.95. The Balaban J connectivity index is 1.62. The second-order valence-electron chi connectivity index (χ2n) is 5.85. The number of fused-ring (bicyclic) bond motifs is 5. The number of carbonyl (C=O) groups is 2. The first-order valence-corrected chi connectivity index (χ1v) is 7.00. The standard InChI is InChI=1S/C15H15NO5/c17-10-11(18)13-9-8(12(10)21-13)14(19)16(15(9)20)6-7-4-2-1-3-5-7/h1-5,8-13,17-18H,6H2/t8?,9?,10-,11?,12-,13?/m0/s1. The first-order valence-electron chi connectivity index (χ1n) is 7.00. The van der Waals surface area contributed by atoms with E-state index in [0.717, 1.165) is 5.56 Å². The predicted molar refractivity (Wildman–Crippen MR) is 69.7 cm³/mol. The average molecular weight is 289 g/mol. The van der Waals surface area contributed by atoms with E-state index in [9.17, 15) is 19.8 Å². The van der Waals surface area contributed by atoms with Gasteiger partial charge in [-0.25, -0.2) is 0 Å². The monoisotopic (exact) mass is 289 g/mol. The first-order chi connectivity index (χ1) is 10.1. The minimum absolute atomic E-state index is 0.219. The Morgan fingerprint density at radius 3 is 2.00 bits per heavy atom. The lowest BCUT2D eigenvalue weighted by Crippen LogP contribution is -2.47. The molecular weight excluding hydrogens is 274 g/mol. The topological polar surface area (TPSA) is 87.1 Å². The average Bonchev–Trinajstić information content (AvgIpc) is 3.09. The Labute approximate surface area is 120 Å². The van der Waals surface area contributed by atoms with Gasteiger partial charge in [-0.1, -0.05) is 30.3 Å². The van der Waals surface area contributed by atoms with Crippen molar-refractivity contribution in [3.63, 3.8) is 0 Å². The van der Waals surface area contributed by atoms with Gasteiger partial charge in [0.05, 0.1) is 30.6 Å². The molecule has 6 heteroatoms. The van der Waals surface area contributed by atoms with Crippen LogP contribution in [-0.2, 0) is 20.9 Å². The van der Waals surface area contributed by atoms with Gasteiger partial charge in [0.15, 0.2) is 0 Å². The van der Waals surface area contributed by atoms with Gasteiger partial charge in [0, 0.05) is 0 Å². The van der Waals surface area contributed by atoms with E-state index in [1.807, 2.05) is 30.3 Å². The normalized spacial score (nSPS) is 41.0. The van der Waals surface area contributed by atoms with Crippen LogP contribution in [0.5, 0.6) is 0 Å². The minimum atomic E-state index is -1.09. The quantitative estimate of drug-likeness (QED) is 0.702. The van der Waals surface area contributed by atoms with E-state index >= 15 is 0 Å². The van der Waals surface area contributed by atoms with E-state index in [2.05, 4.69) is 0 Å². The Kier molecular flexibility index (Phi) is 2.69. The molecule has 2 bridgehead atoms. The van der Waals surface area contributed by atoms with Crippen LogP contribution in [-0.4, -0.2) is 51.3 Å². The molecular formula is C15H15NO5. The second-order valence-corrected chi connectivity index (χ2v) is 5.85. The fourth-order valence-electron chi connectivity index (χ4n) is 3.71. The van der Waals surface area contributed by atoms with Crippen LogP contribution >= 0.6 is 0 Å². The van der Waals surface area contributed by atoms with E-state index < -0.39 is 36.3 Å². The van der Waals surface area contributed by atoms with Crippen molar-refractivity contribution in [3.8, 4) is 0 Å². The third-order valence-electron chi connectivity index (χ3n) is 4.72. The third kappa shape index (κ3) is 1.64. The Morgan fingerprint density at radius 2 is 1.48 bits per heavy atom. The number of benzene rings is 1. The number of nitrogens with zero attached hydrogens (tertiary/aromatic N) is 1. The van der Waals surface area contributed by atoms with E-state index in [1.165, 1.54) is 4.90 Å². The molecule has 3 fully saturated rings. The highest BCUT2D eigenvalue weighted by atomic mass is 16.6. The van der Waals surface area contributed by atoms with Gasteiger partial charge in [-0.05, 0) is 5.56 Å². The van der Waals surface area contributed by atoms with Gasteiger partial charge in [-0.2, -0.15) is 0 Å². The van der Waals surface area contributed by atoms with Crippen LogP contribution in [0.3, 0.4) is 0 Å². The summed E-state index contributed by atoms with van der Waals surface area (Å²) in [5.41, 5.74) is 0.869. The number of hydrogen-bond donors (Lipinski definition) is 2. The molecule has 0 saturated carbocycles. The lowest BCUT2D eigenvalue weighted by molar-refractivity contribution is -0.143. The van der Waals surface area contributed by atoms with Crippen LogP contribution in [0.2, 0.25) is 0 Å². The first kappa shape index (κ1) is 12.9. The van der Waals surface area contributed by atoms with Crippen molar-refractivity contribution in [2.45, 2.75) is 31.0 Å². The molecule has 2 amide bonds. The SMILES string of the molecule is O=C1C2C3O[C@@H](C2C(=O)N1Cc1ccccc1)[C@@H](O)C3O. The number of rotatable bonds is 2. The summed E-state index contributed by atoms with van der Waals surface area (Å²) in [6.45, 7) is 0.219. The molecule has 0 aromatic heterocycles. The summed E-state index contributed by atoms with van der Waals surface area (Å²) >= 11 is 0. The molecule has 21 heavy (non-hydrogen) atoms. The smallest absolute Gasteiger partial charge is 0.236 e. The molecule has 2 N–H and O–H groups in total. The molecule has 3 aliphatic heterocycles. The van der Waals surface area contributed by atoms with Gasteiger partial charge in [-0.15, -0.1) is 0 Å². The van der Waals surface area contributed by atoms with E-state index in [1.54, 1.807) is 0 Å². The molecule has 3 heterocycles. The van der Waals surface area contributed by atoms with Crippen LogP contribution in [0.25, 0.3) is 0 Å². The zero-order valence-corrected chi connectivity index (χ0v) is 11.1.